The van der Waals surface area contributed by atoms with Crippen molar-refractivity contribution in [3.63, 3.8) is 0 Å². The van der Waals surface area contributed by atoms with Crippen LogP contribution in [0.15, 0.2) is 0 Å². The molecule has 0 amide bonds. The Morgan fingerprint density at radius 3 is 2.47 bits per heavy atom. The maximum absolute atomic E-state index is 11.2. The summed E-state index contributed by atoms with van der Waals surface area (Å²) in [5.74, 6) is -0.122. The van der Waals surface area contributed by atoms with E-state index in [4.69, 9.17) is 9.47 Å². The summed E-state index contributed by atoms with van der Waals surface area (Å²) >= 11 is 0. The number of carbonyl (C=O) groups is 1. The Balaban J connectivity index is 0.000000921. The third-order valence-electron chi connectivity index (χ3n) is 1.92. The van der Waals surface area contributed by atoms with Crippen LogP contribution in [0, 0.1) is 0 Å². The van der Waals surface area contributed by atoms with Crippen LogP contribution >= 0.6 is 0 Å². The Labute approximate surface area is 92.5 Å². The Morgan fingerprint density at radius 2 is 1.93 bits per heavy atom. The zero-order chi connectivity index (χ0) is 11.5. The molecule has 0 radical (unpaired) electrons. The molecule has 0 aromatic carbocycles. The molecule has 1 aliphatic rings. The van der Waals surface area contributed by atoms with Crippen LogP contribution in [0.2, 0.25) is 0 Å². The first kappa shape index (κ1) is 14.4. The van der Waals surface area contributed by atoms with Crippen LogP contribution in [0.25, 0.3) is 0 Å². The fourth-order valence-corrected chi connectivity index (χ4v) is 1.20. The van der Waals surface area contributed by atoms with Crippen LogP contribution in [0.4, 0.5) is 0 Å². The van der Waals surface area contributed by atoms with Gasteiger partial charge in [0.25, 0.3) is 0 Å². The van der Waals surface area contributed by atoms with Crippen molar-refractivity contribution in [2.75, 3.05) is 39.5 Å². The summed E-state index contributed by atoms with van der Waals surface area (Å²) in [7, 11) is 0. The van der Waals surface area contributed by atoms with Gasteiger partial charge < -0.3 is 9.47 Å². The van der Waals surface area contributed by atoms with Gasteiger partial charge in [0.2, 0.25) is 0 Å². The summed E-state index contributed by atoms with van der Waals surface area (Å²) < 4.78 is 10.1. The molecule has 15 heavy (non-hydrogen) atoms. The third kappa shape index (κ3) is 7.33. The lowest BCUT2D eigenvalue weighted by atomic mass is 10.4. The second kappa shape index (κ2) is 9.93. The summed E-state index contributed by atoms with van der Waals surface area (Å²) in [5.41, 5.74) is 0. The third-order valence-corrected chi connectivity index (χ3v) is 1.92. The predicted octanol–water partition coefficient (Wildman–Crippen LogP) is 1.30. The largest absolute Gasteiger partial charge is 0.465 e. The summed E-state index contributed by atoms with van der Waals surface area (Å²) in [6, 6.07) is 0. The maximum Gasteiger partial charge on any atom is 0.320 e. The second-order valence-electron chi connectivity index (χ2n) is 3.11. The van der Waals surface area contributed by atoms with Gasteiger partial charge in [0.1, 0.15) is 0 Å². The quantitative estimate of drug-likeness (QED) is 0.665. The molecule has 0 N–H and O–H groups in total. The molecule has 0 unspecified atom stereocenters. The lowest BCUT2D eigenvalue weighted by molar-refractivity contribution is -0.145. The van der Waals surface area contributed by atoms with Crippen LogP contribution in [0.1, 0.15) is 27.2 Å². The monoisotopic (exact) mass is 217 g/mol. The van der Waals surface area contributed by atoms with E-state index in [1.807, 2.05) is 20.8 Å². The Bertz CT molecular complexity index is 156. The number of esters is 1. The first-order chi connectivity index (χ1) is 7.33. The normalized spacial score (nSPS) is 16.5. The van der Waals surface area contributed by atoms with Gasteiger partial charge in [0.15, 0.2) is 0 Å². The van der Waals surface area contributed by atoms with Crippen molar-refractivity contribution in [2.45, 2.75) is 27.2 Å². The van der Waals surface area contributed by atoms with Crippen molar-refractivity contribution < 1.29 is 14.3 Å². The maximum atomic E-state index is 11.2. The average Bonchev–Trinajstić information content (AvgIpc) is 2.30. The highest BCUT2D eigenvalue weighted by molar-refractivity contribution is 5.71. The van der Waals surface area contributed by atoms with Crippen LogP contribution in [0.3, 0.4) is 0 Å². The van der Waals surface area contributed by atoms with Gasteiger partial charge in [-0.2, -0.15) is 0 Å². The molecule has 4 nitrogen and oxygen atoms in total. The van der Waals surface area contributed by atoms with Gasteiger partial charge in [0, 0.05) is 13.1 Å². The van der Waals surface area contributed by atoms with Crippen molar-refractivity contribution in [3.8, 4) is 0 Å². The van der Waals surface area contributed by atoms with Crippen LogP contribution in [-0.4, -0.2) is 50.3 Å². The molecule has 0 aromatic rings. The lowest BCUT2D eigenvalue weighted by Crippen LogP contribution is -2.40. The van der Waals surface area contributed by atoms with Gasteiger partial charge in [-0.25, -0.2) is 0 Å². The van der Waals surface area contributed by atoms with Gasteiger partial charge >= 0.3 is 5.97 Å². The van der Waals surface area contributed by atoms with Crippen LogP contribution in [0.5, 0.6) is 0 Å². The van der Waals surface area contributed by atoms with Crippen molar-refractivity contribution >= 4 is 5.97 Å². The van der Waals surface area contributed by atoms with Crippen molar-refractivity contribution in [3.05, 3.63) is 0 Å². The molecule has 0 aromatic heterocycles. The number of nitrogens with zero attached hydrogens (tertiary/aromatic N) is 1. The second-order valence-corrected chi connectivity index (χ2v) is 3.11. The molecule has 0 aliphatic carbocycles. The van der Waals surface area contributed by atoms with Crippen molar-refractivity contribution in [1.29, 1.82) is 0 Å². The molecule has 4 heteroatoms. The molecule has 0 bridgehead atoms. The molecular weight excluding hydrogens is 194 g/mol. The van der Waals surface area contributed by atoms with Crippen molar-refractivity contribution in [2.24, 2.45) is 0 Å². The number of hydrogen-bond donors (Lipinski definition) is 0. The van der Waals surface area contributed by atoms with Crippen molar-refractivity contribution in [1.82, 2.24) is 4.90 Å². The smallest absolute Gasteiger partial charge is 0.320 e. The molecule has 1 aliphatic heterocycles. The Kier molecular flexibility index (Phi) is 9.52. The minimum atomic E-state index is -0.122. The lowest BCUT2D eigenvalue weighted by Gasteiger charge is -2.25. The fourth-order valence-electron chi connectivity index (χ4n) is 1.20. The zero-order valence-electron chi connectivity index (χ0n) is 10.1. The highest BCUT2D eigenvalue weighted by atomic mass is 16.5. The molecule has 1 rings (SSSR count). The van der Waals surface area contributed by atoms with Gasteiger partial charge in [-0.3, -0.25) is 9.69 Å². The average molecular weight is 217 g/mol. The van der Waals surface area contributed by atoms with E-state index in [0.29, 0.717) is 13.2 Å². The zero-order valence-corrected chi connectivity index (χ0v) is 10.1. The molecule has 0 saturated carbocycles. The highest BCUT2D eigenvalue weighted by Crippen LogP contribution is 1.96. The molecule has 1 heterocycles. The Hall–Kier alpha value is -0.610. The number of rotatable bonds is 4. The number of carbonyl (C=O) groups excluding carboxylic acids is 1. The summed E-state index contributed by atoms with van der Waals surface area (Å²) in [4.78, 5) is 13.2. The highest BCUT2D eigenvalue weighted by Gasteiger charge is 2.14. The molecule has 0 atom stereocenters. The molecule has 90 valence electrons. The molecule has 1 fully saturated rings. The van der Waals surface area contributed by atoms with Gasteiger partial charge in [-0.05, 0) is 6.42 Å². The van der Waals surface area contributed by atoms with E-state index in [0.717, 1.165) is 32.7 Å². The van der Waals surface area contributed by atoms with Gasteiger partial charge in [0.05, 0.1) is 26.4 Å². The number of hydrogen-bond acceptors (Lipinski definition) is 4. The minimum Gasteiger partial charge on any atom is -0.465 e. The van der Waals surface area contributed by atoms with Gasteiger partial charge in [-0.1, -0.05) is 20.8 Å². The number of ether oxygens (including phenoxy) is 2. The van der Waals surface area contributed by atoms with E-state index in [1.165, 1.54) is 0 Å². The van der Waals surface area contributed by atoms with Crippen LogP contribution < -0.4 is 0 Å². The minimum absolute atomic E-state index is 0.122. The first-order valence-electron chi connectivity index (χ1n) is 5.78. The number of morpholine rings is 1. The van der Waals surface area contributed by atoms with E-state index in [1.54, 1.807) is 0 Å². The SMILES string of the molecule is CC.CCCOC(=O)CN1CCOCC1. The fraction of sp³-hybridized carbons (Fsp3) is 0.909. The van der Waals surface area contributed by atoms with Crippen LogP contribution in [-0.2, 0) is 14.3 Å². The molecule has 1 saturated heterocycles. The molecule has 0 spiro atoms. The summed E-state index contributed by atoms with van der Waals surface area (Å²) in [5, 5.41) is 0. The Morgan fingerprint density at radius 1 is 1.33 bits per heavy atom. The van der Waals surface area contributed by atoms with Gasteiger partial charge in [-0.15, -0.1) is 0 Å². The topological polar surface area (TPSA) is 38.8 Å². The van der Waals surface area contributed by atoms with E-state index >= 15 is 0 Å². The summed E-state index contributed by atoms with van der Waals surface area (Å²) in [6.07, 6.45) is 0.884. The van der Waals surface area contributed by atoms with E-state index < -0.39 is 0 Å². The summed E-state index contributed by atoms with van der Waals surface area (Å²) in [6.45, 7) is 10.0. The van der Waals surface area contributed by atoms with E-state index in [9.17, 15) is 4.79 Å². The standard InChI is InChI=1S/C9H17NO3.C2H6/c1-2-5-13-9(11)8-10-3-6-12-7-4-10;1-2/h2-8H2,1H3;1-2H3. The van der Waals surface area contributed by atoms with E-state index in [2.05, 4.69) is 4.90 Å². The first-order valence-corrected chi connectivity index (χ1v) is 5.78. The molecular formula is C11H23NO3. The van der Waals surface area contributed by atoms with E-state index in [-0.39, 0.29) is 5.97 Å². The predicted molar refractivity (Wildman–Crippen MR) is 59.9 cm³/mol.